The van der Waals surface area contributed by atoms with E-state index in [9.17, 15) is 14.7 Å². The molecule has 4 rings (SSSR count). The maximum atomic E-state index is 12.6. The number of aromatic nitrogens is 1. The smallest absolute Gasteiger partial charge is 0.307 e. The number of fused-ring (bicyclic) bond motifs is 3. The highest BCUT2D eigenvalue weighted by molar-refractivity contribution is 7.22. The molecule has 2 fully saturated rings. The Morgan fingerprint density at radius 1 is 1.18 bits per heavy atom. The van der Waals surface area contributed by atoms with Crippen molar-refractivity contribution < 1.29 is 14.7 Å². The van der Waals surface area contributed by atoms with Crippen LogP contribution < -0.4 is 5.32 Å². The van der Waals surface area contributed by atoms with E-state index in [4.69, 9.17) is 0 Å². The minimum Gasteiger partial charge on any atom is -0.481 e. The number of benzene rings is 1. The van der Waals surface area contributed by atoms with Crippen molar-refractivity contribution >= 4 is 38.6 Å². The molecule has 1 aromatic carbocycles. The molecule has 0 unspecified atom stereocenters. The van der Waals surface area contributed by atoms with Crippen LogP contribution in [0.2, 0.25) is 0 Å². The number of rotatable bonds is 3. The molecule has 2 bridgehead atoms. The molecular weight excluding hydrogens is 300 g/mol. The van der Waals surface area contributed by atoms with Gasteiger partial charge in [-0.25, -0.2) is 4.98 Å². The highest BCUT2D eigenvalue weighted by Crippen LogP contribution is 2.52. The standard InChI is InChI=1S/C16H16N2O3S/c19-14(12-8-5-6-9(7-8)13(12)15(20)21)18-16-17-10-3-1-2-4-11(10)22-16/h1-4,8-9,12-13H,5-7H2,(H,20,21)(H,17,18,19)/t8-,9+,12-,13+/m0/s1. The van der Waals surface area contributed by atoms with E-state index < -0.39 is 17.8 Å². The Hall–Kier alpha value is -1.95. The van der Waals surface area contributed by atoms with Gasteiger partial charge in [0.25, 0.3) is 0 Å². The van der Waals surface area contributed by atoms with E-state index in [-0.39, 0.29) is 17.7 Å². The first-order chi connectivity index (χ1) is 10.6. The van der Waals surface area contributed by atoms with Gasteiger partial charge in [-0.3, -0.25) is 9.59 Å². The first-order valence-electron chi connectivity index (χ1n) is 7.53. The zero-order valence-corrected chi connectivity index (χ0v) is 12.7. The molecule has 2 N–H and O–H groups in total. The van der Waals surface area contributed by atoms with Gasteiger partial charge in [0.1, 0.15) is 0 Å². The fourth-order valence-electron chi connectivity index (χ4n) is 4.14. The summed E-state index contributed by atoms with van der Waals surface area (Å²) in [6.45, 7) is 0. The number of carboxylic acid groups (broad SMARTS) is 1. The fourth-order valence-corrected chi connectivity index (χ4v) is 5.01. The van der Waals surface area contributed by atoms with Gasteiger partial charge in [0.05, 0.1) is 22.1 Å². The summed E-state index contributed by atoms with van der Waals surface area (Å²) in [5.74, 6) is -1.60. The summed E-state index contributed by atoms with van der Waals surface area (Å²) in [6.07, 6.45) is 2.77. The van der Waals surface area contributed by atoms with Crippen LogP contribution >= 0.6 is 11.3 Å². The van der Waals surface area contributed by atoms with Gasteiger partial charge < -0.3 is 10.4 Å². The zero-order chi connectivity index (χ0) is 15.3. The molecule has 0 saturated heterocycles. The minimum absolute atomic E-state index is 0.161. The molecule has 4 atom stereocenters. The topological polar surface area (TPSA) is 79.3 Å². The summed E-state index contributed by atoms with van der Waals surface area (Å²) in [7, 11) is 0. The van der Waals surface area contributed by atoms with Crippen LogP contribution in [-0.4, -0.2) is 22.0 Å². The SMILES string of the molecule is O=C(O)[C@@H]1[C@@H]2CC[C@@H](C2)[C@@H]1C(=O)Nc1nc2ccccc2s1. The van der Waals surface area contributed by atoms with Crippen LogP contribution in [0.15, 0.2) is 24.3 Å². The van der Waals surface area contributed by atoms with Gasteiger partial charge in [-0.2, -0.15) is 0 Å². The molecule has 2 saturated carbocycles. The number of hydrogen-bond acceptors (Lipinski definition) is 4. The molecule has 0 spiro atoms. The second-order valence-electron chi connectivity index (χ2n) is 6.20. The minimum atomic E-state index is -0.836. The maximum absolute atomic E-state index is 12.6. The Bertz CT molecular complexity index is 724. The number of nitrogens with zero attached hydrogens (tertiary/aromatic N) is 1. The Labute approximate surface area is 131 Å². The maximum Gasteiger partial charge on any atom is 0.307 e. The van der Waals surface area contributed by atoms with Gasteiger partial charge in [0.15, 0.2) is 5.13 Å². The first-order valence-corrected chi connectivity index (χ1v) is 8.34. The van der Waals surface area contributed by atoms with Gasteiger partial charge >= 0.3 is 5.97 Å². The predicted molar refractivity (Wildman–Crippen MR) is 83.7 cm³/mol. The quantitative estimate of drug-likeness (QED) is 0.912. The summed E-state index contributed by atoms with van der Waals surface area (Å²) >= 11 is 1.42. The highest BCUT2D eigenvalue weighted by atomic mass is 32.1. The fraction of sp³-hybridized carbons (Fsp3) is 0.438. The van der Waals surface area contributed by atoms with Crippen molar-refractivity contribution in [1.29, 1.82) is 0 Å². The monoisotopic (exact) mass is 316 g/mol. The van der Waals surface area contributed by atoms with Crippen LogP contribution in [0.3, 0.4) is 0 Å². The van der Waals surface area contributed by atoms with E-state index in [1.807, 2.05) is 24.3 Å². The third-order valence-electron chi connectivity index (χ3n) is 5.03. The number of carboxylic acids is 1. The van der Waals surface area contributed by atoms with E-state index in [0.717, 1.165) is 29.5 Å². The second kappa shape index (κ2) is 5.05. The van der Waals surface area contributed by atoms with Gasteiger partial charge in [0, 0.05) is 0 Å². The number of para-hydroxylation sites is 1. The Balaban J connectivity index is 1.57. The molecule has 22 heavy (non-hydrogen) atoms. The number of amides is 1. The molecule has 114 valence electrons. The summed E-state index contributed by atoms with van der Waals surface area (Å²) < 4.78 is 1.01. The molecule has 1 amide bonds. The number of thiazole rings is 1. The van der Waals surface area contributed by atoms with Crippen LogP contribution in [0, 0.1) is 23.7 Å². The van der Waals surface area contributed by atoms with Crippen LogP contribution in [-0.2, 0) is 9.59 Å². The van der Waals surface area contributed by atoms with E-state index in [2.05, 4.69) is 10.3 Å². The number of hydrogen-bond donors (Lipinski definition) is 2. The van der Waals surface area contributed by atoms with Crippen molar-refractivity contribution in [3.63, 3.8) is 0 Å². The number of aliphatic carboxylic acids is 1. The number of anilines is 1. The lowest BCUT2D eigenvalue weighted by atomic mass is 9.79. The Morgan fingerprint density at radius 3 is 2.64 bits per heavy atom. The van der Waals surface area contributed by atoms with E-state index >= 15 is 0 Å². The van der Waals surface area contributed by atoms with Crippen LogP contribution in [0.1, 0.15) is 19.3 Å². The van der Waals surface area contributed by atoms with Crippen LogP contribution in [0.5, 0.6) is 0 Å². The molecule has 2 aromatic rings. The van der Waals surface area contributed by atoms with Crippen molar-refractivity contribution in [2.75, 3.05) is 5.32 Å². The van der Waals surface area contributed by atoms with Crippen LogP contribution in [0.4, 0.5) is 5.13 Å². The lowest BCUT2D eigenvalue weighted by molar-refractivity contribution is -0.148. The lowest BCUT2D eigenvalue weighted by Crippen LogP contribution is -2.37. The summed E-state index contributed by atoms with van der Waals surface area (Å²) in [5, 5.41) is 12.8. The van der Waals surface area contributed by atoms with Gasteiger partial charge in [-0.15, -0.1) is 0 Å². The van der Waals surface area contributed by atoms with E-state index in [0.29, 0.717) is 5.13 Å². The van der Waals surface area contributed by atoms with Crippen molar-refractivity contribution in [3.8, 4) is 0 Å². The molecule has 2 aliphatic rings. The zero-order valence-electron chi connectivity index (χ0n) is 11.9. The summed E-state index contributed by atoms with van der Waals surface area (Å²) in [6, 6.07) is 7.70. The Kier molecular flexibility index (Phi) is 3.14. The summed E-state index contributed by atoms with van der Waals surface area (Å²) in [5.41, 5.74) is 0.852. The van der Waals surface area contributed by atoms with Crippen molar-refractivity contribution in [2.45, 2.75) is 19.3 Å². The highest BCUT2D eigenvalue weighted by Gasteiger charge is 2.54. The number of carbonyl (C=O) groups excluding carboxylic acids is 1. The van der Waals surface area contributed by atoms with E-state index in [1.165, 1.54) is 11.3 Å². The average Bonchev–Trinajstić information content (AvgIpc) is 3.19. The molecule has 6 heteroatoms. The molecule has 0 aliphatic heterocycles. The third kappa shape index (κ3) is 2.09. The summed E-state index contributed by atoms with van der Waals surface area (Å²) in [4.78, 5) is 28.5. The predicted octanol–water partition coefficient (Wildman–Crippen LogP) is 2.98. The second-order valence-corrected chi connectivity index (χ2v) is 7.23. The van der Waals surface area contributed by atoms with Crippen molar-refractivity contribution in [3.05, 3.63) is 24.3 Å². The van der Waals surface area contributed by atoms with Gasteiger partial charge in [-0.05, 0) is 43.2 Å². The molecule has 1 heterocycles. The van der Waals surface area contributed by atoms with Crippen LogP contribution in [0.25, 0.3) is 10.2 Å². The number of nitrogens with one attached hydrogen (secondary N) is 1. The normalized spacial score (nSPS) is 29.8. The third-order valence-corrected chi connectivity index (χ3v) is 5.98. The molecule has 2 aliphatic carbocycles. The van der Waals surface area contributed by atoms with Gasteiger partial charge in [-0.1, -0.05) is 23.5 Å². The van der Waals surface area contributed by atoms with E-state index in [1.54, 1.807) is 0 Å². The average molecular weight is 316 g/mol. The molecule has 1 aromatic heterocycles. The van der Waals surface area contributed by atoms with Gasteiger partial charge in [0.2, 0.25) is 5.91 Å². The lowest BCUT2D eigenvalue weighted by Gasteiger charge is -2.26. The van der Waals surface area contributed by atoms with Crippen molar-refractivity contribution in [1.82, 2.24) is 4.98 Å². The molecular formula is C16H16N2O3S. The molecule has 5 nitrogen and oxygen atoms in total. The largest absolute Gasteiger partial charge is 0.481 e. The number of carbonyl (C=O) groups is 2. The first kappa shape index (κ1) is 13.7. The molecule has 0 radical (unpaired) electrons. The van der Waals surface area contributed by atoms with Crippen molar-refractivity contribution in [2.24, 2.45) is 23.7 Å². The Morgan fingerprint density at radius 2 is 1.91 bits per heavy atom.